The maximum Gasteiger partial charge on any atom is 0.239 e. The average molecular weight is 349 g/mol. The van der Waals surface area contributed by atoms with Gasteiger partial charge in [-0.2, -0.15) is 0 Å². The molecule has 4 nitrogen and oxygen atoms in total. The van der Waals surface area contributed by atoms with E-state index in [9.17, 15) is 9.59 Å². The largest absolute Gasteiger partial charge is 0.354 e. The molecule has 1 unspecified atom stereocenters. The molecule has 0 bridgehead atoms. The molecule has 1 aliphatic rings. The molecule has 1 aliphatic heterocycles. The summed E-state index contributed by atoms with van der Waals surface area (Å²) in [6.07, 6.45) is 0. The minimum Gasteiger partial charge on any atom is -0.354 e. The van der Waals surface area contributed by atoms with Crippen molar-refractivity contribution in [1.82, 2.24) is 10.2 Å². The Balaban J connectivity index is 2.08. The molecule has 0 radical (unpaired) electrons. The zero-order valence-corrected chi connectivity index (χ0v) is 16.1. The quantitative estimate of drug-likeness (QED) is 0.888. The average Bonchev–Trinajstić information content (AvgIpc) is 2.85. The Bertz CT molecular complexity index is 590. The molecule has 5 heteroatoms. The highest BCUT2D eigenvalue weighted by Crippen LogP contribution is 2.38. The lowest BCUT2D eigenvalue weighted by Gasteiger charge is -2.25. The van der Waals surface area contributed by atoms with E-state index in [4.69, 9.17) is 0 Å². The van der Waals surface area contributed by atoms with Crippen LogP contribution in [-0.4, -0.2) is 35.6 Å². The first-order valence-electron chi connectivity index (χ1n) is 8.46. The van der Waals surface area contributed by atoms with Crippen molar-refractivity contribution in [2.45, 2.75) is 45.4 Å². The second-order valence-corrected chi connectivity index (χ2v) is 8.82. The van der Waals surface area contributed by atoms with E-state index in [-0.39, 0.29) is 29.1 Å². The van der Waals surface area contributed by atoms with Crippen LogP contribution in [0.2, 0.25) is 0 Å². The van der Waals surface area contributed by atoms with E-state index in [0.717, 1.165) is 5.56 Å². The lowest BCUT2D eigenvalue weighted by Crippen LogP contribution is -2.40. The summed E-state index contributed by atoms with van der Waals surface area (Å²) in [5, 5.41) is 2.82. The first-order valence-corrected chi connectivity index (χ1v) is 9.51. The molecule has 1 saturated heterocycles. The molecular formula is C19H28N2O2S. The molecule has 1 fully saturated rings. The molecule has 0 spiro atoms. The smallest absolute Gasteiger partial charge is 0.239 e. The Kier molecular flexibility index (Phi) is 5.97. The Morgan fingerprint density at radius 2 is 1.92 bits per heavy atom. The number of rotatable bonds is 5. The zero-order valence-electron chi connectivity index (χ0n) is 15.3. The van der Waals surface area contributed by atoms with Crippen molar-refractivity contribution in [3.05, 3.63) is 35.4 Å². The van der Waals surface area contributed by atoms with Crippen LogP contribution in [-0.2, 0) is 15.0 Å². The Morgan fingerprint density at radius 3 is 2.46 bits per heavy atom. The molecule has 0 saturated carbocycles. The number of hydrogen-bond acceptors (Lipinski definition) is 3. The summed E-state index contributed by atoms with van der Waals surface area (Å²) in [6, 6.07) is 8.40. The van der Waals surface area contributed by atoms with Crippen LogP contribution < -0.4 is 5.32 Å². The first kappa shape index (κ1) is 18.8. The second kappa shape index (κ2) is 7.60. The van der Waals surface area contributed by atoms with E-state index >= 15 is 0 Å². The topological polar surface area (TPSA) is 49.4 Å². The van der Waals surface area contributed by atoms with Gasteiger partial charge in [0.1, 0.15) is 11.9 Å². The van der Waals surface area contributed by atoms with Crippen LogP contribution in [0.25, 0.3) is 0 Å². The fourth-order valence-electron chi connectivity index (χ4n) is 2.58. The summed E-state index contributed by atoms with van der Waals surface area (Å²) in [7, 11) is 0. The maximum absolute atomic E-state index is 12.2. The van der Waals surface area contributed by atoms with Gasteiger partial charge in [-0.3, -0.25) is 9.59 Å². The molecule has 1 aromatic rings. The summed E-state index contributed by atoms with van der Waals surface area (Å²) in [4.78, 5) is 26.0. The minimum absolute atomic E-state index is 0.0320. The number of carbonyl (C=O) groups is 2. The van der Waals surface area contributed by atoms with Gasteiger partial charge in [-0.15, -0.1) is 11.8 Å². The highest BCUT2D eigenvalue weighted by molar-refractivity contribution is 8.00. The van der Waals surface area contributed by atoms with Crippen molar-refractivity contribution < 1.29 is 9.59 Å². The summed E-state index contributed by atoms with van der Waals surface area (Å²) in [6.45, 7) is 11.4. The predicted octanol–water partition coefficient (Wildman–Crippen LogP) is 3.33. The van der Waals surface area contributed by atoms with Gasteiger partial charge < -0.3 is 10.2 Å². The molecule has 0 aromatic heterocycles. The fourth-order valence-corrected chi connectivity index (χ4v) is 3.77. The molecule has 24 heavy (non-hydrogen) atoms. The van der Waals surface area contributed by atoms with Crippen LogP contribution in [0.1, 0.15) is 51.1 Å². The normalized spacial score (nSPS) is 18.3. The number of thioether (sulfide) groups is 1. The van der Waals surface area contributed by atoms with Gasteiger partial charge in [-0.05, 0) is 22.5 Å². The highest BCUT2D eigenvalue weighted by Gasteiger charge is 2.34. The number of benzene rings is 1. The van der Waals surface area contributed by atoms with Crippen molar-refractivity contribution >= 4 is 23.6 Å². The van der Waals surface area contributed by atoms with Crippen molar-refractivity contribution in [1.29, 1.82) is 0 Å². The van der Waals surface area contributed by atoms with E-state index in [0.29, 0.717) is 18.2 Å². The monoisotopic (exact) mass is 348 g/mol. The summed E-state index contributed by atoms with van der Waals surface area (Å²) in [5.41, 5.74) is 2.45. The van der Waals surface area contributed by atoms with Gasteiger partial charge in [0.2, 0.25) is 11.8 Å². The van der Waals surface area contributed by atoms with Crippen molar-refractivity contribution in [3.63, 3.8) is 0 Å². The van der Waals surface area contributed by atoms with Crippen LogP contribution in [0.15, 0.2) is 24.3 Å². The van der Waals surface area contributed by atoms with Gasteiger partial charge in [0, 0.05) is 6.54 Å². The van der Waals surface area contributed by atoms with Crippen LogP contribution >= 0.6 is 11.8 Å². The van der Waals surface area contributed by atoms with Gasteiger partial charge in [0.25, 0.3) is 0 Å². The predicted molar refractivity (Wildman–Crippen MR) is 99.9 cm³/mol. The Hall–Kier alpha value is -1.49. The summed E-state index contributed by atoms with van der Waals surface area (Å²) < 4.78 is 0. The number of nitrogens with zero attached hydrogens (tertiary/aromatic N) is 1. The Labute approximate surface area is 149 Å². The van der Waals surface area contributed by atoms with E-state index < -0.39 is 0 Å². The molecular weight excluding hydrogens is 320 g/mol. The zero-order chi connectivity index (χ0) is 17.9. The van der Waals surface area contributed by atoms with Gasteiger partial charge in [-0.25, -0.2) is 0 Å². The first-order chi connectivity index (χ1) is 11.2. The van der Waals surface area contributed by atoms with E-state index in [2.05, 4.69) is 64.2 Å². The fraction of sp³-hybridized carbons (Fsp3) is 0.579. The van der Waals surface area contributed by atoms with E-state index in [1.807, 2.05) is 0 Å². The van der Waals surface area contributed by atoms with E-state index in [1.54, 1.807) is 16.7 Å². The number of nitrogens with one attached hydrogen (secondary N) is 1. The number of amides is 2. The van der Waals surface area contributed by atoms with Crippen LogP contribution in [0.3, 0.4) is 0 Å². The van der Waals surface area contributed by atoms with Gasteiger partial charge in [0.05, 0.1) is 5.75 Å². The van der Waals surface area contributed by atoms with Gasteiger partial charge >= 0.3 is 0 Å². The lowest BCUT2D eigenvalue weighted by molar-refractivity contribution is -0.133. The third-order valence-corrected chi connectivity index (χ3v) is 5.31. The molecule has 2 rings (SSSR count). The van der Waals surface area contributed by atoms with Gasteiger partial charge in [0.15, 0.2) is 0 Å². The van der Waals surface area contributed by atoms with Crippen LogP contribution in [0.5, 0.6) is 0 Å². The molecule has 1 heterocycles. The lowest BCUT2D eigenvalue weighted by atomic mass is 9.87. The summed E-state index contributed by atoms with van der Waals surface area (Å²) >= 11 is 1.59. The molecule has 1 N–H and O–H groups in total. The third kappa shape index (κ3) is 4.76. The molecule has 132 valence electrons. The maximum atomic E-state index is 12.2. The minimum atomic E-state index is -0.0872. The Morgan fingerprint density at radius 1 is 1.29 bits per heavy atom. The van der Waals surface area contributed by atoms with Crippen molar-refractivity contribution in [2.75, 3.05) is 18.8 Å². The van der Waals surface area contributed by atoms with Crippen molar-refractivity contribution in [3.8, 4) is 0 Å². The number of hydrogen-bond donors (Lipinski definition) is 1. The molecule has 1 aromatic carbocycles. The van der Waals surface area contributed by atoms with E-state index in [1.165, 1.54) is 5.56 Å². The van der Waals surface area contributed by atoms with Crippen LogP contribution in [0, 0.1) is 5.92 Å². The molecule has 1 atom stereocenters. The summed E-state index contributed by atoms with van der Waals surface area (Å²) in [5.74, 6) is 0.780. The van der Waals surface area contributed by atoms with Crippen molar-refractivity contribution in [2.24, 2.45) is 5.92 Å². The van der Waals surface area contributed by atoms with Crippen LogP contribution in [0.4, 0.5) is 0 Å². The van der Waals surface area contributed by atoms with Gasteiger partial charge in [-0.1, -0.05) is 58.9 Å². The highest BCUT2D eigenvalue weighted by atomic mass is 32.2. The second-order valence-electron chi connectivity index (χ2n) is 7.75. The standard InChI is InChI=1S/C19H28N2O2S/c1-13(2)10-20-16(22)11-21-17(23)12-24-18(21)14-6-8-15(9-7-14)19(3,4)5/h6-9,13,18H,10-12H2,1-5H3,(H,20,22). The number of carbonyl (C=O) groups excluding carboxylic acids is 2. The third-order valence-electron chi connectivity index (χ3n) is 4.05. The molecule has 0 aliphatic carbocycles. The molecule has 2 amide bonds. The SMILES string of the molecule is CC(C)CNC(=O)CN1C(=O)CSC1c1ccc(C(C)(C)C)cc1.